The minimum absolute atomic E-state index is 0.122. The van der Waals surface area contributed by atoms with Crippen LogP contribution in [0.3, 0.4) is 0 Å². The van der Waals surface area contributed by atoms with E-state index < -0.39 is 0 Å². The third-order valence-corrected chi connectivity index (χ3v) is 3.90. The Morgan fingerprint density at radius 1 is 1.08 bits per heavy atom. The SMILES string of the molecule is Cc1ccc(NC(=O)Cc2n[nH]c(Cc3ccccc3)n2)cc1C. The zero-order valence-electron chi connectivity index (χ0n) is 13.8. The number of carbonyl (C=O) groups is 1. The number of H-pyrrole nitrogens is 1. The molecular formula is C19H20N4O. The molecule has 0 bridgehead atoms. The van der Waals surface area contributed by atoms with Gasteiger partial charge in [-0.05, 0) is 42.7 Å². The molecular weight excluding hydrogens is 300 g/mol. The van der Waals surface area contributed by atoms with Crippen molar-refractivity contribution in [3.63, 3.8) is 0 Å². The fourth-order valence-corrected chi connectivity index (χ4v) is 2.45. The Hall–Kier alpha value is -2.95. The second-order valence-corrected chi connectivity index (χ2v) is 5.88. The van der Waals surface area contributed by atoms with E-state index in [2.05, 4.69) is 20.5 Å². The van der Waals surface area contributed by atoms with Gasteiger partial charge in [0.15, 0.2) is 5.82 Å². The molecule has 1 aromatic heterocycles. The Kier molecular flexibility index (Phi) is 4.70. The monoisotopic (exact) mass is 320 g/mol. The molecule has 0 unspecified atom stereocenters. The lowest BCUT2D eigenvalue weighted by Gasteiger charge is -2.06. The summed E-state index contributed by atoms with van der Waals surface area (Å²) in [5.74, 6) is 1.14. The molecule has 3 aromatic rings. The molecule has 1 heterocycles. The van der Waals surface area contributed by atoms with E-state index in [4.69, 9.17) is 0 Å². The summed E-state index contributed by atoms with van der Waals surface area (Å²) >= 11 is 0. The first-order valence-corrected chi connectivity index (χ1v) is 7.91. The molecule has 122 valence electrons. The van der Waals surface area contributed by atoms with Crippen LogP contribution in [0.1, 0.15) is 28.3 Å². The van der Waals surface area contributed by atoms with E-state index in [0.29, 0.717) is 12.2 Å². The van der Waals surface area contributed by atoms with E-state index in [1.54, 1.807) is 0 Å². The number of carbonyl (C=O) groups excluding carboxylic acids is 1. The smallest absolute Gasteiger partial charge is 0.232 e. The fraction of sp³-hybridized carbons (Fsp3) is 0.211. The Morgan fingerprint density at radius 2 is 1.88 bits per heavy atom. The predicted molar refractivity (Wildman–Crippen MR) is 93.9 cm³/mol. The highest BCUT2D eigenvalue weighted by Crippen LogP contribution is 2.14. The molecule has 0 radical (unpaired) electrons. The molecule has 5 nitrogen and oxygen atoms in total. The molecule has 0 fully saturated rings. The van der Waals surface area contributed by atoms with Crippen LogP contribution in [0.2, 0.25) is 0 Å². The summed E-state index contributed by atoms with van der Waals surface area (Å²) in [6.45, 7) is 4.07. The van der Waals surface area contributed by atoms with Crippen molar-refractivity contribution in [3.8, 4) is 0 Å². The van der Waals surface area contributed by atoms with Gasteiger partial charge in [0.2, 0.25) is 5.91 Å². The standard InChI is InChI=1S/C19H20N4O/c1-13-8-9-16(10-14(13)2)20-19(24)12-18-21-17(22-23-18)11-15-6-4-3-5-7-15/h3-10H,11-12H2,1-2H3,(H,20,24)(H,21,22,23). The van der Waals surface area contributed by atoms with Gasteiger partial charge in [-0.2, -0.15) is 5.10 Å². The summed E-state index contributed by atoms with van der Waals surface area (Å²) in [4.78, 5) is 16.5. The molecule has 0 aliphatic heterocycles. The van der Waals surface area contributed by atoms with Crippen LogP contribution in [0.4, 0.5) is 5.69 Å². The summed E-state index contributed by atoms with van der Waals surface area (Å²) in [7, 11) is 0. The van der Waals surface area contributed by atoms with Crippen molar-refractivity contribution in [2.24, 2.45) is 0 Å². The van der Waals surface area contributed by atoms with Gasteiger partial charge in [-0.25, -0.2) is 4.98 Å². The topological polar surface area (TPSA) is 70.7 Å². The van der Waals surface area contributed by atoms with Gasteiger partial charge in [-0.15, -0.1) is 0 Å². The van der Waals surface area contributed by atoms with Crippen LogP contribution in [0.15, 0.2) is 48.5 Å². The van der Waals surface area contributed by atoms with E-state index in [0.717, 1.165) is 22.6 Å². The van der Waals surface area contributed by atoms with Crippen LogP contribution >= 0.6 is 0 Å². The second kappa shape index (κ2) is 7.08. The summed E-state index contributed by atoms with van der Waals surface area (Å²) in [5.41, 5.74) is 4.30. The van der Waals surface area contributed by atoms with Crippen LogP contribution in [-0.4, -0.2) is 21.1 Å². The number of hydrogen-bond acceptors (Lipinski definition) is 3. The van der Waals surface area contributed by atoms with Crippen LogP contribution in [0.5, 0.6) is 0 Å². The van der Waals surface area contributed by atoms with E-state index in [1.165, 1.54) is 5.56 Å². The highest BCUT2D eigenvalue weighted by molar-refractivity contribution is 5.91. The molecule has 0 saturated carbocycles. The van der Waals surface area contributed by atoms with Gasteiger partial charge in [-0.1, -0.05) is 36.4 Å². The summed E-state index contributed by atoms with van der Waals surface area (Å²) in [6.07, 6.45) is 0.824. The predicted octanol–water partition coefficient (Wildman–Crippen LogP) is 3.19. The highest BCUT2D eigenvalue weighted by atomic mass is 16.1. The lowest BCUT2D eigenvalue weighted by molar-refractivity contribution is -0.115. The van der Waals surface area contributed by atoms with Crippen LogP contribution in [0, 0.1) is 13.8 Å². The minimum atomic E-state index is -0.122. The third-order valence-electron chi connectivity index (χ3n) is 3.90. The number of benzene rings is 2. The molecule has 1 amide bonds. The average Bonchev–Trinajstić information content (AvgIpc) is 2.99. The van der Waals surface area contributed by atoms with Crippen molar-refractivity contribution in [3.05, 3.63) is 76.9 Å². The van der Waals surface area contributed by atoms with Crippen molar-refractivity contribution >= 4 is 11.6 Å². The number of rotatable bonds is 5. The first-order chi connectivity index (χ1) is 11.6. The summed E-state index contributed by atoms with van der Waals surface area (Å²) in [5, 5.41) is 9.91. The molecule has 0 atom stereocenters. The number of nitrogens with zero attached hydrogens (tertiary/aromatic N) is 2. The quantitative estimate of drug-likeness (QED) is 0.758. The van der Waals surface area contributed by atoms with Crippen molar-refractivity contribution in [1.82, 2.24) is 15.2 Å². The van der Waals surface area contributed by atoms with Crippen molar-refractivity contribution in [2.45, 2.75) is 26.7 Å². The zero-order chi connectivity index (χ0) is 16.9. The van der Waals surface area contributed by atoms with Crippen LogP contribution < -0.4 is 5.32 Å². The summed E-state index contributed by atoms with van der Waals surface area (Å²) in [6, 6.07) is 15.9. The molecule has 2 N–H and O–H groups in total. The van der Waals surface area contributed by atoms with Gasteiger partial charge >= 0.3 is 0 Å². The van der Waals surface area contributed by atoms with Crippen molar-refractivity contribution < 1.29 is 4.79 Å². The molecule has 3 rings (SSSR count). The van der Waals surface area contributed by atoms with Gasteiger partial charge < -0.3 is 5.32 Å². The molecule has 2 aromatic carbocycles. The minimum Gasteiger partial charge on any atom is -0.326 e. The second-order valence-electron chi connectivity index (χ2n) is 5.88. The largest absolute Gasteiger partial charge is 0.326 e. The molecule has 0 aliphatic carbocycles. The summed E-state index contributed by atoms with van der Waals surface area (Å²) < 4.78 is 0. The Morgan fingerprint density at radius 3 is 2.62 bits per heavy atom. The molecule has 24 heavy (non-hydrogen) atoms. The number of anilines is 1. The number of aryl methyl sites for hydroxylation is 2. The molecule has 0 saturated heterocycles. The number of hydrogen-bond donors (Lipinski definition) is 2. The Labute approximate surface area is 141 Å². The van der Waals surface area contributed by atoms with Crippen molar-refractivity contribution in [2.75, 3.05) is 5.32 Å². The van der Waals surface area contributed by atoms with Crippen LogP contribution in [-0.2, 0) is 17.6 Å². The lowest BCUT2D eigenvalue weighted by atomic mass is 10.1. The fourth-order valence-electron chi connectivity index (χ4n) is 2.45. The van der Waals surface area contributed by atoms with Gasteiger partial charge in [0.1, 0.15) is 5.82 Å². The number of amides is 1. The van der Waals surface area contributed by atoms with E-state index >= 15 is 0 Å². The maximum atomic E-state index is 12.1. The van der Waals surface area contributed by atoms with Gasteiger partial charge in [-0.3, -0.25) is 9.89 Å². The molecule has 5 heteroatoms. The van der Waals surface area contributed by atoms with Gasteiger partial charge in [0.25, 0.3) is 0 Å². The Balaban J connectivity index is 1.59. The van der Waals surface area contributed by atoms with E-state index in [1.807, 2.05) is 62.4 Å². The number of aromatic nitrogens is 3. The first-order valence-electron chi connectivity index (χ1n) is 7.91. The van der Waals surface area contributed by atoms with Crippen molar-refractivity contribution in [1.29, 1.82) is 0 Å². The zero-order valence-corrected chi connectivity index (χ0v) is 13.8. The average molecular weight is 320 g/mol. The number of aromatic amines is 1. The number of nitrogens with one attached hydrogen (secondary N) is 2. The first kappa shape index (κ1) is 15.9. The van der Waals surface area contributed by atoms with Crippen LogP contribution in [0.25, 0.3) is 0 Å². The highest BCUT2D eigenvalue weighted by Gasteiger charge is 2.10. The maximum absolute atomic E-state index is 12.1. The maximum Gasteiger partial charge on any atom is 0.232 e. The normalized spacial score (nSPS) is 10.6. The van der Waals surface area contributed by atoms with E-state index in [-0.39, 0.29) is 12.3 Å². The molecule has 0 spiro atoms. The van der Waals surface area contributed by atoms with Gasteiger partial charge in [0.05, 0.1) is 6.42 Å². The van der Waals surface area contributed by atoms with Gasteiger partial charge in [0, 0.05) is 12.1 Å². The lowest BCUT2D eigenvalue weighted by Crippen LogP contribution is -2.15. The third kappa shape index (κ3) is 4.07. The Bertz CT molecular complexity index is 840. The molecule has 0 aliphatic rings. The van der Waals surface area contributed by atoms with E-state index in [9.17, 15) is 4.79 Å².